The standard InChI is InChI=1S/C20H24N2O6S/c1-14-5-9-17(10-6-14)27-13-3-4-19(23)28-15(2)20(24)22-16-7-11-18(12-8-16)29(21,25)26/h5-12,15H,3-4,13H2,1-2H3,(H,22,24)(H2,21,25,26). The summed E-state index contributed by atoms with van der Waals surface area (Å²) in [4.78, 5) is 23.9. The molecule has 1 unspecified atom stereocenters. The number of carbonyl (C=O) groups excluding carboxylic acids is 2. The third kappa shape index (κ3) is 7.55. The lowest BCUT2D eigenvalue weighted by Crippen LogP contribution is -2.30. The molecule has 0 saturated heterocycles. The second kappa shape index (κ2) is 10.0. The van der Waals surface area contributed by atoms with E-state index in [-0.39, 0.29) is 11.3 Å². The molecule has 1 amide bonds. The minimum Gasteiger partial charge on any atom is -0.494 e. The molecule has 0 bridgehead atoms. The van der Waals surface area contributed by atoms with E-state index in [0.29, 0.717) is 18.7 Å². The molecule has 0 spiro atoms. The number of benzene rings is 2. The number of ether oxygens (including phenoxy) is 2. The molecular formula is C20H24N2O6S. The third-order valence-corrected chi connectivity index (χ3v) is 4.87. The number of hydrogen-bond acceptors (Lipinski definition) is 6. The van der Waals surface area contributed by atoms with E-state index in [1.54, 1.807) is 0 Å². The predicted molar refractivity (Wildman–Crippen MR) is 108 cm³/mol. The number of hydrogen-bond donors (Lipinski definition) is 2. The van der Waals surface area contributed by atoms with Crippen LogP contribution in [0.5, 0.6) is 5.75 Å². The smallest absolute Gasteiger partial charge is 0.306 e. The zero-order chi connectivity index (χ0) is 21.4. The molecule has 0 aromatic heterocycles. The molecule has 29 heavy (non-hydrogen) atoms. The first kappa shape index (κ1) is 22.4. The quantitative estimate of drug-likeness (QED) is 0.474. The fraction of sp³-hybridized carbons (Fsp3) is 0.300. The summed E-state index contributed by atoms with van der Waals surface area (Å²) in [6, 6.07) is 12.9. The summed E-state index contributed by atoms with van der Waals surface area (Å²) in [5, 5.41) is 7.56. The number of amides is 1. The largest absolute Gasteiger partial charge is 0.494 e. The SMILES string of the molecule is Cc1ccc(OCCCC(=O)OC(C)C(=O)Nc2ccc(S(N)(=O)=O)cc2)cc1. The van der Waals surface area contributed by atoms with Gasteiger partial charge in [0.05, 0.1) is 11.5 Å². The Bertz CT molecular complexity index is 940. The van der Waals surface area contributed by atoms with Gasteiger partial charge < -0.3 is 14.8 Å². The molecular weight excluding hydrogens is 396 g/mol. The van der Waals surface area contributed by atoms with Gasteiger partial charge in [-0.25, -0.2) is 13.6 Å². The van der Waals surface area contributed by atoms with Gasteiger partial charge in [0.25, 0.3) is 5.91 Å². The van der Waals surface area contributed by atoms with E-state index in [1.807, 2.05) is 31.2 Å². The Kier molecular flexibility index (Phi) is 7.74. The number of aryl methyl sites for hydroxylation is 1. The van der Waals surface area contributed by atoms with Crippen LogP contribution in [0.25, 0.3) is 0 Å². The minimum atomic E-state index is -3.80. The Labute approximate surface area is 170 Å². The molecule has 9 heteroatoms. The Balaban J connectivity index is 1.72. The summed E-state index contributed by atoms with van der Waals surface area (Å²) in [6.07, 6.45) is -0.429. The zero-order valence-corrected chi connectivity index (χ0v) is 17.1. The first-order valence-corrected chi connectivity index (χ1v) is 10.5. The highest BCUT2D eigenvalue weighted by atomic mass is 32.2. The van der Waals surface area contributed by atoms with Crippen molar-refractivity contribution in [3.05, 3.63) is 54.1 Å². The number of primary sulfonamides is 1. The molecule has 0 fully saturated rings. The zero-order valence-electron chi connectivity index (χ0n) is 16.3. The van der Waals surface area contributed by atoms with Gasteiger partial charge in [-0.15, -0.1) is 0 Å². The lowest BCUT2D eigenvalue weighted by atomic mass is 10.2. The number of sulfonamides is 1. The van der Waals surface area contributed by atoms with Gasteiger partial charge in [0.15, 0.2) is 6.10 Å². The maximum Gasteiger partial charge on any atom is 0.306 e. The lowest BCUT2D eigenvalue weighted by Gasteiger charge is -2.14. The van der Waals surface area contributed by atoms with E-state index in [9.17, 15) is 18.0 Å². The van der Waals surface area contributed by atoms with E-state index in [1.165, 1.54) is 31.2 Å². The van der Waals surface area contributed by atoms with Crippen molar-refractivity contribution < 1.29 is 27.5 Å². The highest BCUT2D eigenvalue weighted by molar-refractivity contribution is 7.89. The summed E-state index contributed by atoms with van der Waals surface area (Å²) in [5.74, 6) is -0.312. The lowest BCUT2D eigenvalue weighted by molar-refractivity contribution is -0.153. The Morgan fingerprint density at radius 1 is 1.07 bits per heavy atom. The predicted octanol–water partition coefficient (Wildman–Crippen LogP) is 2.37. The Morgan fingerprint density at radius 3 is 2.28 bits per heavy atom. The number of carbonyl (C=O) groups is 2. The van der Waals surface area contributed by atoms with Crippen molar-refractivity contribution >= 4 is 27.6 Å². The molecule has 8 nitrogen and oxygen atoms in total. The van der Waals surface area contributed by atoms with E-state index in [4.69, 9.17) is 14.6 Å². The average Bonchev–Trinajstić information content (AvgIpc) is 2.66. The molecule has 2 rings (SSSR count). The fourth-order valence-corrected chi connectivity index (χ4v) is 2.84. The van der Waals surface area contributed by atoms with Crippen molar-refractivity contribution in [2.45, 2.75) is 37.7 Å². The highest BCUT2D eigenvalue weighted by Crippen LogP contribution is 2.14. The number of esters is 1. The van der Waals surface area contributed by atoms with Crippen LogP contribution in [-0.4, -0.2) is 33.0 Å². The molecule has 0 radical (unpaired) electrons. The topological polar surface area (TPSA) is 125 Å². The van der Waals surface area contributed by atoms with Crippen molar-refractivity contribution in [1.29, 1.82) is 0 Å². The van der Waals surface area contributed by atoms with Crippen LogP contribution in [-0.2, 0) is 24.3 Å². The van der Waals surface area contributed by atoms with Crippen LogP contribution < -0.4 is 15.2 Å². The van der Waals surface area contributed by atoms with Crippen molar-refractivity contribution in [2.24, 2.45) is 5.14 Å². The van der Waals surface area contributed by atoms with Crippen LogP contribution >= 0.6 is 0 Å². The van der Waals surface area contributed by atoms with Gasteiger partial charge >= 0.3 is 5.97 Å². The van der Waals surface area contributed by atoms with Crippen LogP contribution in [0.1, 0.15) is 25.3 Å². The number of nitrogens with one attached hydrogen (secondary N) is 1. The maximum atomic E-state index is 12.1. The van der Waals surface area contributed by atoms with Crippen LogP contribution in [0.4, 0.5) is 5.69 Å². The summed E-state index contributed by atoms with van der Waals surface area (Å²) >= 11 is 0. The van der Waals surface area contributed by atoms with E-state index < -0.39 is 28.0 Å². The summed E-state index contributed by atoms with van der Waals surface area (Å²) in [7, 11) is -3.80. The summed E-state index contributed by atoms with van der Waals surface area (Å²) in [6.45, 7) is 3.79. The highest BCUT2D eigenvalue weighted by Gasteiger charge is 2.18. The first-order valence-electron chi connectivity index (χ1n) is 8.98. The van der Waals surface area contributed by atoms with E-state index in [2.05, 4.69) is 5.32 Å². The second-order valence-corrected chi connectivity index (χ2v) is 8.02. The average molecular weight is 420 g/mol. The molecule has 0 heterocycles. The van der Waals surface area contributed by atoms with Gasteiger partial charge in [-0.3, -0.25) is 9.59 Å². The molecule has 0 saturated carbocycles. The van der Waals surface area contributed by atoms with Crippen LogP contribution in [0, 0.1) is 6.92 Å². The van der Waals surface area contributed by atoms with Crippen molar-refractivity contribution in [1.82, 2.24) is 0 Å². The van der Waals surface area contributed by atoms with Crippen molar-refractivity contribution in [3.8, 4) is 5.75 Å². The van der Waals surface area contributed by atoms with Crippen LogP contribution in [0.2, 0.25) is 0 Å². The van der Waals surface area contributed by atoms with E-state index in [0.717, 1.165) is 11.3 Å². The van der Waals surface area contributed by atoms with Gasteiger partial charge in [-0.1, -0.05) is 17.7 Å². The van der Waals surface area contributed by atoms with Gasteiger partial charge in [0.1, 0.15) is 5.75 Å². The second-order valence-electron chi connectivity index (χ2n) is 6.46. The number of anilines is 1. The van der Waals surface area contributed by atoms with Crippen LogP contribution in [0.3, 0.4) is 0 Å². The fourth-order valence-electron chi connectivity index (χ4n) is 2.32. The summed E-state index contributed by atoms with van der Waals surface area (Å²) < 4.78 is 33.1. The Hall–Kier alpha value is -2.91. The van der Waals surface area contributed by atoms with Crippen molar-refractivity contribution in [3.63, 3.8) is 0 Å². The molecule has 0 aliphatic carbocycles. The maximum absolute atomic E-state index is 12.1. The molecule has 156 valence electrons. The number of nitrogens with two attached hydrogens (primary N) is 1. The first-order chi connectivity index (χ1) is 13.6. The summed E-state index contributed by atoms with van der Waals surface area (Å²) in [5.41, 5.74) is 1.49. The molecule has 0 aliphatic rings. The third-order valence-electron chi connectivity index (χ3n) is 3.94. The van der Waals surface area contributed by atoms with Gasteiger partial charge in [0.2, 0.25) is 10.0 Å². The normalized spacial score (nSPS) is 12.1. The van der Waals surface area contributed by atoms with Crippen LogP contribution in [0.15, 0.2) is 53.4 Å². The minimum absolute atomic E-state index is 0.0668. The molecule has 2 aromatic rings. The van der Waals surface area contributed by atoms with Gasteiger partial charge in [0, 0.05) is 12.1 Å². The van der Waals surface area contributed by atoms with Gasteiger partial charge in [-0.05, 0) is 56.7 Å². The van der Waals surface area contributed by atoms with Crippen molar-refractivity contribution in [2.75, 3.05) is 11.9 Å². The monoisotopic (exact) mass is 420 g/mol. The molecule has 2 aromatic carbocycles. The Morgan fingerprint density at radius 2 is 1.69 bits per heavy atom. The van der Waals surface area contributed by atoms with Gasteiger partial charge in [-0.2, -0.15) is 0 Å². The molecule has 0 aliphatic heterocycles. The molecule has 1 atom stereocenters. The van der Waals surface area contributed by atoms with E-state index >= 15 is 0 Å². The number of rotatable bonds is 9. The molecule has 3 N–H and O–H groups in total.